The summed E-state index contributed by atoms with van der Waals surface area (Å²) in [6, 6.07) is 1.49. The van der Waals surface area contributed by atoms with Gasteiger partial charge in [0.2, 0.25) is 0 Å². The van der Waals surface area contributed by atoms with Crippen LogP contribution in [0.15, 0.2) is 10.5 Å². The van der Waals surface area contributed by atoms with Crippen LogP contribution in [-0.2, 0) is 6.42 Å². The third-order valence-corrected chi connectivity index (χ3v) is 4.05. The van der Waals surface area contributed by atoms with Crippen LogP contribution in [0.1, 0.15) is 18.4 Å². The van der Waals surface area contributed by atoms with Crippen LogP contribution in [-0.4, -0.2) is 25.3 Å². The maximum Gasteiger partial charge on any atom is 0.196 e. The second-order valence-electron chi connectivity index (χ2n) is 4.62. The number of piperidine rings is 1. The first kappa shape index (κ1) is 13.6. The maximum absolute atomic E-state index is 14.2. The summed E-state index contributed by atoms with van der Waals surface area (Å²) >= 11 is 3.31. The van der Waals surface area contributed by atoms with Gasteiger partial charge >= 0.3 is 0 Å². The van der Waals surface area contributed by atoms with E-state index in [2.05, 4.69) is 21.2 Å². The lowest BCUT2D eigenvalue weighted by atomic mass is 9.92. The first-order chi connectivity index (χ1) is 8.63. The molecular formula is C13H17BrFNO2. The van der Waals surface area contributed by atoms with Crippen molar-refractivity contribution in [2.45, 2.75) is 19.3 Å². The summed E-state index contributed by atoms with van der Waals surface area (Å²) in [5, 5.41) is 12.9. The lowest BCUT2D eigenvalue weighted by Crippen LogP contribution is -2.31. The summed E-state index contributed by atoms with van der Waals surface area (Å²) in [6.07, 6.45) is 2.87. The van der Waals surface area contributed by atoms with Gasteiger partial charge in [-0.1, -0.05) is 15.9 Å². The standard InChI is InChI=1S/C13H17BrFNO2/c1-18-13-11(17)6-10(14)9(12(13)15)5-8-3-2-4-16-7-8/h6,8,16-17H,2-5,7H2,1H3. The smallest absolute Gasteiger partial charge is 0.196 e. The molecule has 0 spiro atoms. The second kappa shape index (κ2) is 5.89. The van der Waals surface area contributed by atoms with Crippen molar-refractivity contribution in [2.24, 2.45) is 5.92 Å². The minimum atomic E-state index is -0.463. The van der Waals surface area contributed by atoms with E-state index in [1.807, 2.05) is 0 Å². The zero-order valence-corrected chi connectivity index (χ0v) is 11.9. The van der Waals surface area contributed by atoms with Crippen molar-refractivity contribution in [3.05, 3.63) is 21.9 Å². The van der Waals surface area contributed by atoms with Crippen LogP contribution in [0.25, 0.3) is 0 Å². The minimum Gasteiger partial charge on any atom is -0.504 e. The van der Waals surface area contributed by atoms with Crippen molar-refractivity contribution in [2.75, 3.05) is 20.2 Å². The molecule has 1 saturated heterocycles. The summed E-state index contributed by atoms with van der Waals surface area (Å²) in [6.45, 7) is 1.95. The third-order valence-electron chi connectivity index (χ3n) is 3.34. The predicted octanol–water partition coefficient (Wildman–Crippen LogP) is 2.84. The van der Waals surface area contributed by atoms with Crippen LogP contribution in [0.2, 0.25) is 0 Å². The summed E-state index contributed by atoms with van der Waals surface area (Å²) < 4.78 is 19.7. The number of hydrogen-bond acceptors (Lipinski definition) is 3. The Balaban J connectivity index is 2.26. The quantitative estimate of drug-likeness (QED) is 0.900. The van der Waals surface area contributed by atoms with Crippen LogP contribution in [0.3, 0.4) is 0 Å². The molecule has 1 aromatic carbocycles. The van der Waals surface area contributed by atoms with Crippen LogP contribution < -0.4 is 10.1 Å². The molecular weight excluding hydrogens is 301 g/mol. The average Bonchev–Trinajstić information content (AvgIpc) is 2.36. The van der Waals surface area contributed by atoms with E-state index in [0.29, 0.717) is 22.4 Å². The van der Waals surface area contributed by atoms with Crippen LogP contribution in [0.4, 0.5) is 4.39 Å². The molecule has 100 valence electrons. The van der Waals surface area contributed by atoms with E-state index in [4.69, 9.17) is 4.74 Å². The lowest BCUT2D eigenvalue weighted by Gasteiger charge is -2.23. The Bertz CT molecular complexity index is 433. The number of halogens is 2. The molecule has 1 fully saturated rings. The summed E-state index contributed by atoms with van der Waals surface area (Å²) in [7, 11) is 1.36. The zero-order valence-electron chi connectivity index (χ0n) is 10.3. The molecule has 2 rings (SSSR count). The Morgan fingerprint density at radius 1 is 1.61 bits per heavy atom. The van der Waals surface area contributed by atoms with E-state index < -0.39 is 5.82 Å². The molecule has 1 unspecified atom stereocenters. The summed E-state index contributed by atoms with van der Waals surface area (Å²) in [4.78, 5) is 0. The lowest BCUT2D eigenvalue weighted by molar-refractivity contribution is 0.341. The van der Waals surface area contributed by atoms with E-state index in [1.54, 1.807) is 0 Å². The SMILES string of the molecule is COc1c(O)cc(Br)c(CC2CCCNC2)c1F. The van der Waals surface area contributed by atoms with Crippen molar-refractivity contribution < 1.29 is 14.2 Å². The number of rotatable bonds is 3. The van der Waals surface area contributed by atoms with Crippen LogP contribution >= 0.6 is 15.9 Å². The van der Waals surface area contributed by atoms with Gasteiger partial charge in [0.05, 0.1) is 7.11 Å². The van der Waals surface area contributed by atoms with Gasteiger partial charge in [-0.3, -0.25) is 0 Å². The molecule has 1 atom stereocenters. The molecule has 2 N–H and O–H groups in total. The normalized spacial score (nSPS) is 19.8. The average molecular weight is 318 g/mol. The Hall–Kier alpha value is -0.810. The maximum atomic E-state index is 14.2. The van der Waals surface area contributed by atoms with Crippen LogP contribution in [0, 0.1) is 11.7 Å². The van der Waals surface area contributed by atoms with Crippen molar-refractivity contribution in [1.29, 1.82) is 0 Å². The van der Waals surface area contributed by atoms with Gasteiger partial charge in [-0.05, 0) is 44.3 Å². The van der Waals surface area contributed by atoms with Gasteiger partial charge in [0.15, 0.2) is 17.3 Å². The van der Waals surface area contributed by atoms with Gasteiger partial charge in [-0.15, -0.1) is 0 Å². The number of phenols is 1. The molecule has 18 heavy (non-hydrogen) atoms. The molecule has 0 bridgehead atoms. The number of nitrogens with one attached hydrogen (secondary N) is 1. The Morgan fingerprint density at radius 3 is 3.00 bits per heavy atom. The highest BCUT2D eigenvalue weighted by Gasteiger charge is 2.22. The van der Waals surface area contributed by atoms with Crippen molar-refractivity contribution in [1.82, 2.24) is 5.32 Å². The topological polar surface area (TPSA) is 41.5 Å². The fraction of sp³-hybridized carbons (Fsp3) is 0.538. The first-order valence-corrected chi connectivity index (χ1v) is 6.87. The number of benzene rings is 1. The van der Waals surface area contributed by atoms with Crippen molar-refractivity contribution in [3.8, 4) is 11.5 Å². The first-order valence-electron chi connectivity index (χ1n) is 6.08. The molecule has 1 aromatic rings. The molecule has 1 heterocycles. The van der Waals surface area contributed by atoms with Gasteiger partial charge in [0.25, 0.3) is 0 Å². The molecule has 0 aliphatic carbocycles. The fourth-order valence-corrected chi connectivity index (χ4v) is 2.95. The number of methoxy groups -OCH3 is 1. The molecule has 0 saturated carbocycles. The zero-order chi connectivity index (χ0) is 13.1. The molecule has 0 aromatic heterocycles. The van der Waals surface area contributed by atoms with E-state index in [0.717, 1.165) is 25.9 Å². The second-order valence-corrected chi connectivity index (χ2v) is 5.47. The van der Waals surface area contributed by atoms with Gasteiger partial charge in [-0.2, -0.15) is 0 Å². The largest absolute Gasteiger partial charge is 0.504 e. The number of ether oxygens (including phenoxy) is 1. The Labute approximate surface area is 114 Å². The number of phenolic OH excluding ortho intramolecular Hbond substituents is 1. The molecule has 0 amide bonds. The number of aromatic hydroxyl groups is 1. The highest BCUT2D eigenvalue weighted by atomic mass is 79.9. The van der Waals surface area contributed by atoms with Crippen LogP contribution in [0.5, 0.6) is 11.5 Å². The van der Waals surface area contributed by atoms with Gasteiger partial charge in [-0.25, -0.2) is 4.39 Å². The van der Waals surface area contributed by atoms with E-state index >= 15 is 0 Å². The highest BCUT2D eigenvalue weighted by molar-refractivity contribution is 9.10. The number of hydrogen-bond donors (Lipinski definition) is 2. The molecule has 1 aliphatic rings. The van der Waals surface area contributed by atoms with Gasteiger partial charge < -0.3 is 15.2 Å². The predicted molar refractivity (Wildman–Crippen MR) is 71.6 cm³/mol. The monoisotopic (exact) mass is 317 g/mol. The summed E-state index contributed by atoms with van der Waals surface area (Å²) in [5.74, 6) is -0.280. The van der Waals surface area contributed by atoms with Gasteiger partial charge in [0, 0.05) is 10.0 Å². The Morgan fingerprint density at radius 2 is 2.39 bits per heavy atom. The van der Waals surface area contributed by atoms with E-state index in [-0.39, 0.29) is 11.5 Å². The minimum absolute atomic E-state index is 0.0723. The Kier molecular flexibility index (Phi) is 4.45. The van der Waals surface area contributed by atoms with Crippen molar-refractivity contribution >= 4 is 15.9 Å². The molecule has 5 heteroatoms. The molecule has 1 aliphatic heterocycles. The fourth-order valence-electron chi connectivity index (χ4n) is 2.40. The summed E-state index contributed by atoms with van der Waals surface area (Å²) in [5.41, 5.74) is 0.582. The molecule has 0 radical (unpaired) electrons. The third kappa shape index (κ3) is 2.78. The highest BCUT2D eigenvalue weighted by Crippen LogP contribution is 2.37. The van der Waals surface area contributed by atoms with Gasteiger partial charge in [0.1, 0.15) is 0 Å². The van der Waals surface area contributed by atoms with E-state index in [9.17, 15) is 9.50 Å². The van der Waals surface area contributed by atoms with E-state index in [1.165, 1.54) is 13.2 Å². The molecule has 3 nitrogen and oxygen atoms in total. The van der Waals surface area contributed by atoms with Crippen molar-refractivity contribution in [3.63, 3.8) is 0 Å².